The van der Waals surface area contributed by atoms with E-state index >= 15 is 0 Å². The molecule has 4 unspecified atom stereocenters. The zero-order valence-electron chi connectivity index (χ0n) is 9.79. The smallest absolute Gasteiger partial charge is 0.258 e. The van der Waals surface area contributed by atoms with Gasteiger partial charge in [-0.3, -0.25) is 10.1 Å². The third-order valence-electron chi connectivity index (χ3n) is 4.07. The van der Waals surface area contributed by atoms with E-state index in [1.54, 1.807) is 23.9 Å². The molecule has 0 N–H and O–H groups in total. The van der Waals surface area contributed by atoms with Gasteiger partial charge in [0.1, 0.15) is 0 Å². The summed E-state index contributed by atoms with van der Waals surface area (Å²) in [6.07, 6.45) is 3.66. The maximum atomic E-state index is 11.0. The van der Waals surface area contributed by atoms with Crippen LogP contribution in [0.2, 0.25) is 0 Å². The second-order valence-corrected chi connectivity index (χ2v) is 6.81. The van der Waals surface area contributed by atoms with Crippen LogP contribution in [-0.2, 0) is 0 Å². The standard InChI is InChI=1S/C13H14ClNO2S/c14-12-8-5-6-9(7-8)13(12)18-11-4-2-1-3-10(11)15(16)17/h1-4,8-9,12-13H,5-7H2. The fourth-order valence-electron chi connectivity index (χ4n) is 3.18. The molecule has 0 radical (unpaired) electrons. The molecule has 0 aromatic heterocycles. The molecule has 0 heterocycles. The van der Waals surface area contributed by atoms with Gasteiger partial charge in [0.15, 0.2) is 0 Å². The summed E-state index contributed by atoms with van der Waals surface area (Å²) in [4.78, 5) is 11.4. The average Bonchev–Trinajstić information content (AvgIpc) is 2.93. The molecule has 4 atom stereocenters. The highest BCUT2D eigenvalue weighted by atomic mass is 35.5. The average molecular weight is 284 g/mol. The van der Waals surface area contributed by atoms with Gasteiger partial charge in [-0.05, 0) is 37.2 Å². The zero-order valence-corrected chi connectivity index (χ0v) is 11.4. The number of nitro groups is 1. The first-order valence-corrected chi connectivity index (χ1v) is 7.52. The van der Waals surface area contributed by atoms with E-state index in [1.807, 2.05) is 12.1 Å². The number of hydrogen-bond acceptors (Lipinski definition) is 3. The minimum atomic E-state index is -0.307. The van der Waals surface area contributed by atoms with Gasteiger partial charge in [-0.2, -0.15) is 0 Å². The SMILES string of the molecule is O=[N+]([O-])c1ccccc1SC1C2CCC(C2)C1Cl. The number of hydrogen-bond donors (Lipinski definition) is 0. The Labute approximate surface area is 115 Å². The van der Waals surface area contributed by atoms with Crippen molar-refractivity contribution in [2.45, 2.75) is 34.8 Å². The second-order valence-electron chi connectivity index (χ2n) is 5.08. The molecule has 2 fully saturated rings. The van der Waals surface area contributed by atoms with Crippen LogP contribution in [0.4, 0.5) is 5.69 Å². The van der Waals surface area contributed by atoms with Crippen molar-refractivity contribution in [3.8, 4) is 0 Å². The molecule has 3 nitrogen and oxygen atoms in total. The summed E-state index contributed by atoms with van der Waals surface area (Å²) < 4.78 is 0. The van der Waals surface area contributed by atoms with Crippen molar-refractivity contribution < 1.29 is 4.92 Å². The van der Waals surface area contributed by atoms with Crippen molar-refractivity contribution in [1.29, 1.82) is 0 Å². The topological polar surface area (TPSA) is 43.1 Å². The Bertz CT molecular complexity index is 480. The van der Waals surface area contributed by atoms with Gasteiger partial charge in [0.05, 0.1) is 9.82 Å². The number of alkyl halides is 1. The molecule has 0 aliphatic heterocycles. The molecule has 18 heavy (non-hydrogen) atoms. The van der Waals surface area contributed by atoms with Gasteiger partial charge in [-0.1, -0.05) is 12.1 Å². The van der Waals surface area contributed by atoms with Gasteiger partial charge in [-0.25, -0.2) is 0 Å². The highest BCUT2D eigenvalue weighted by Crippen LogP contribution is 2.54. The summed E-state index contributed by atoms with van der Waals surface area (Å²) in [6, 6.07) is 6.96. The number of benzene rings is 1. The molecule has 1 aromatic carbocycles. The van der Waals surface area contributed by atoms with Crippen LogP contribution in [0.3, 0.4) is 0 Å². The van der Waals surface area contributed by atoms with E-state index in [2.05, 4.69) is 0 Å². The first-order valence-electron chi connectivity index (χ1n) is 6.21. The normalized spacial score (nSPS) is 33.8. The number of rotatable bonds is 3. The predicted octanol–water partition coefficient (Wildman–Crippen LogP) is 4.09. The van der Waals surface area contributed by atoms with E-state index in [9.17, 15) is 10.1 Å². The molecular formula is C13H14ClNO2S. The lowest BCUT2D eigenvalue weighted by molar-refractivity contribution is -0.387. The minimum absolute atomic E-state index is 0.175. The molecule has 2 aliphatic carbocycles. The molecular weight excluding hydrogens is 270 g/mol. The maximum absolute atomic E-state index is 11.0. The number of fused-ring (bicyclic) bond motifs is 2. The molecule has 2 bridgehead atoms. The highest BCUT2D eigenvalue weighted by Gasteiger charge is 2.47. The summed E-state index contributed by atoms with van der Waals surface area (Å²) in [5, 5.41) is 11.5. The predicted molar refractivity (Wildman–Crippen MR) is 73.2 cm³/mol. The van der Waals surface area contributed by atoms with Crippen molar-refractivity contribution in [2.75, 3.05) is 0 Å². The van der Waals surface area contributed by atoms with Crippen molar-refractivity contribution in [1.82, 2.24) is 0 Å². The number of nitro benzene ring substituents is 1. The lowest BCUT2D eigenvalue weighted by Crippen LogP contribution is -2.25. The van der Waals surface area contributed by atoms with Crippen molar-refractivity contribution in [3.05, 3.63) is 34.4 Å². The first kappa shape index (κ1) is 12.3. The third kappa shape index (κ3) is 2.01. The Morgan fingerprint density at radius 2 is 2.00 bits per heavy atom. The van der Waals surface area contributed by atoms with Gasteiger partial charge in [0.25, 0.3) is 5.69 Å². The van der Waals surface area contributed by atoms with Crippen LogP contribution < -0.4 is 0 Å². The summed E-state index contributed by atoms with van der Waals surface area (Å²) in [6.45, 7) is 0. The van der Waals surface area contributed by atoms with Crippen molar-refractivity contribution in [2.24, 2.45) is 11.8 Å². The van der Waals surface area contributed by atoms with E-state index in [1.165, 1.54) is 19.3 Å². The summed E-state index contributed by atoms with van der Waals surface area (Å²) in [5.74, 6) is 1.26. The van der Waals surface area contributed by atoms with Gasteiger partial charge >= 0.3 is 0 Å². The Morgan fingerprint density at radius 1 is 1.28 bits per heavy atom. The monoisotopic (exact) mass is 283 g/mol. The number of para-hydroxylation sites is 1. The van der Waals surface area contributed by atoms with Gasteiger partial charge in [-0.15, -0.1) is 23.4 Å². The summed E-state index contributed by atoms with van der Waals surface area (Å²) in [7, 11) is 0. The fraction of sp³-hybridized carbons (Fsp3) is 0.538. The first-order chi connectivity index (χ1) is 8.66. The summed E-state index contributed by atoms with van der Waals surface area (Å²) >= 11 is 8.07. The van der Waals surface area contributed by atoms with Gasteiger partial charge in [0.2, 0.25) is 0 Å². The molecule has 1 aromatic rings. The molecule has 96 valence electrons. The second kappa shape index (κ2) is 4.74. The molecule has 5 heteroatoms. The Kier molecular flexibility index (Phi) is 3.24. The number of halogens is 1. The molecule has 0 spiro atoms. The van der Waals surface area contributed by atoms with Crippen LogP contribution in [0.25, 0.3) is 0 Å². The van der Waals surface area contributed by atoms with E-state index in [0.29, 0.717) is 17.1 Å². The van der Waals surface area contributed by atoms with E-state index in [0.717, 1.165) is 4.90 Å². The number of nitrogens with zero attached hydrogens (tertiary/aromatic N) is 1. The largest absolute Gasteiger partial charge is 0.282 e. The molecule has 2 aliphatic rings. The van der Waals surface area contributed by atoms with Gasteiger partial charge in [0, 0.05) is 16.7 Å². The van der Waals surface area contributed by atoms with Crippen LogP contribution in [0.1, 0.15) is 19.3 Å². The summed E-state index contributed by atoms with van der Waals surface area (Å²) in [5.41, 5.74) is 0.203. The lowest BCUT2D eigenvalue weighted by atomic mass is 10.00. The highest BCUT2D eigenvalue weighted by molar-refractivity contribution is 8.00. The van der Waals surface area contributed by atoms with Crippen LogP contribution in [0.15, 0.2) is 29.2 Å². The molecule has 0 saturated heterocycles. The number of thioether (sulfide) groups is 1. The van der Waals surface area contributed by atoms with Crippen LogP contribution in [0.5, 0.6) is 0 Å². The Morgan fingerprint density at radius 3 is 2.67 bits per heavy atom. The van der Waals surface area contributed by atoms with E-state index in [4.69, 9.17) is 11.6 Å². The van der Waals surface area contributed by atoms with Crippen molar-refractivity contribution in [3.63, 3.8) is 0 Å². The molecule has 3 rings (SSSR count). The third-order valence-corrected chi connectivity index (χ3v) is 6.39. The van der Waals surface area contributed by atoms with E-state index < -0.39 is 0 Å². The zero-order chi connectivity index (χ0) is 12.7. The van der Waals surface area contributed by atoms with Crippen molar-refractivity contribution >= 4 is 29.1 Å². The maximum Gasteiger partial charge on any atom is 0.282 e. The quantitative estimate of drug-likeness (QED) is 0.477. The van der Waals surface area contributed by atoms with Crippen LogP contribution in [-0.4, -0.2) is 15.6 Å². The molecule has 2 saturated carbocycles. The van der Waals surface area contributed by atoms with Crippen LogP contribution in [0, 0.1) is 22.0 Å². The van der Waals surface area contributed by atoms with Gasteiger partial charge < -0.3 is 0 Å². The Hall–Kier alpha value is -0.740. The molecule has 0 amide bonds. The fourth-order valence-corrected chi connectivity index (χ4v) is 5.28. The Balaban J connectivity index is 1.83. The van der Waals surface area contributed by atoms with E-state index in [-0.39, 0.29) is 16.0 Å². The lowest BCUT2D eigenvalue weighted by Gasteiger charge is -2.25. The van der Waals surface area contributed by atoms with Crippen LogP contribution >= 0.6 is 23.4 Å². The minimum Gasteiger partial charge on any atom is -0.258 e.